The first-order valence-corrected chi connectivity index (χ1v) is 10.1. The van der Waals surface area contributed by atoms with Crippen molar-refractivity contribution in [3.8, 4) is 5.75 Å². The minimum absolute atomic E-state index is 0.0509. The maximum atomic E-state index is 13.4. The maximum absolute atomic E-state index is 13.4. The molecule has 0 saturated carbocycles. The number of hydrogen-bond donors (Lipinski definition) is 2. The molecule has 1 aliphatic heterocycles. The molecule has 150 valence electrons. The van der Waals surface area contributed by atoms with Crippen LogP contribution in [-0.2, 0) is 14.8 Å². The van der Waals surface area contributed by atoms with Crippen molar-refractivity contribution in [2.75, 3.05) is 25.6 Å². The molecule has 1 atom stereocenters. The number of carbonyl (C=O) groups is 1. The molecule has 0 bridgehead atoms. The Balaban J connectivity index is 1.87. The van der Waals surface area contributed by atoms with E-state index in [4.69, 9.17) is 9.47 Å². The van der Waals surface area contributed by atoms with Gasteiger partial charge in [0.05, 0.1) is 24.2 Å². The summed E-state index contributed by atoms with van der Waals surface area (Å²) in [5, 5.41) is 2.63. The molecule has 0 spiro atoms. The van der Waals surface area contributed by atoms with Crippen LogP contribution in [0.2, 0.25) is 0 Å². The molecule has 2 aromatic rings. The van der Waals surface area contributed by atoms with E-state index in [0.29, 0.717) is 30.9 Å². The van der Waals surface area contributed by atoms with Crippen LogP contribution in [0.15, 0.2) is 41.3 Å². The fourth-order valence-electron chi connectivity index (χ4n) is 2.87. The minimum atomic E-state index is -3.83. The van der Waals surface area contributed by atoms with Crippen LogP contribution in [0.4, 0.5) is 10.1 Å². The number of amides is 1. The molecule has 2 N–H and O–H groups in total. The Bertz CT molecular complexity index is 988. The van der Waals surface area contributed by atoms with Gasteiger partial charge in [0.25, 0.3) is 5.91 Å². The van der Waals surface area contributed by atoms with Crippen LogP contribution in [0.5, 0.6) is 5.75 Å². The SMILES string of the molecule is COc1ccc(S(=O)(=O)NC2CCOC2)cc1C(=O)Nc1ccc(F)c(C)c1. The lowest BCUT2D eigenvalue weighted by Crippen LogP contribution is -2.35. The Labute approximate surface area is 162 Å². The molecule has 0 aromatic heterocycles. The number of anilines is 1. The molecule has 1 heterocycles. The summed E-state index contributed by atoms with van der Waals surface area (Å²) >= 11 is 0. The van der Waals surface area contributed by atoms with Crippen molar-refractivity contribution in [2.45, 2.75) is 24.3 Å². The number of benzene rings is 2. The second-order valence-corrected chi connectivity index (χ2v) is 8.18. The van der Waals surface area contributed by atoms with Crippen LogP contribution < -0.4 is 14.8 Å². The molecule has 3 rings (SSSR count). The first-order chi connectivity index (χ1) is 13.3. The number of ether oxygens (including phenoxy) is 2. The highest BCUT2D eigenvalue weighted by Gasteiger charge is 2.25. The number of hydrogen-bond acceptors (Lipinski definition) is 5. The Morgan fingerprint density at radius 1 is 1.25 bits per heavy atom. The van der Waals surface area contributed by atoms with E-state index in [0.717, 1.165) is 0 Å². The Morgan fingerprint density at radius 3 is 2.68 bits per heavy atom. The summed E-state index contributed by atoms with van der Waals surface area (Å²) in [5.74, 6) is -0.728. The molecule has 0 radical (unpaired) electrons. The van der Waals surface area contributed by atoms with Crippen LogP contribution >= 0.6 is 0 Å². The van der Waals surface area contributed by atoms with E-state index in [9.17, 15) is 17.6 Å². The van der Waals surface area contributed by atoms with E-state index in [1.807, 2.05) is 0 Å². The average Bonchev–Trinajstić information content (AvgIpc) is 3.16. The topological polar surface area (TPSA) is 93.7 Å². The number of sulfonamides is 1. The molecular weight excluding hydrogens is 387 g/mol. The molecule has 1 fully saturated rings. The maximum Gasteiger partial charge on any atom is 0.259 e. The second-order valence-electron chi connectivity index (χ2n) is 6.46. The first-order valence-electron chi connectivity index (χ1n) is 8.66. The number of methoxy groups -OCH3 is 1. The highest BCUT2D eigenvalue weighted by atomic mass is 32.2. The molecule has 1 amide bonds. The van der Waals surface area contributed by atoms with E-state index in [1.54, 1.807) is 6.92 Å². The van der Waals surface area contributed by atoms with Gasteiger partial charge in [0, 0.05) is 18.3 Å². The van der Waals surface area contributed by atoms with Gasteiger partial charge in [0.1, 0.15) is 11.6 Å². The van der Waals surface area contributed by atoms with Crippen molar-refractivity contribution in [3.63, 3.8) is 0 Å². The van der Waals surface area contributed by atoms with Gasteiger partial charge in [-0.2, -0.15) is 0 Å². The van der Waals surface area contributed by atoms with Gasteiger partial charge in [-0.15, -0.1) is 0 Å². The molecule has 9 heteroatoms. The third-order valence-corrected chi connectivity index (χ3v) is 5.91. The third kappa shape index (κ3) is 4.49. The van der Waals surface area contributed by atoms with Crippen LogP contribution in [-0.4, -0.2) is 40.7 Å². The van der Waals surface area contributed by atoms with Crippen molar-refractivity contribution in [1.29, 1.82) is 0 Å². The first kappa shape index (κ1) is 20.2. The summed E-state index contributed by atoms with van der Waals surface area (Å²) in [7, 11) is -2.44. The van der Waals surface area contributed by atoms with Gasteiger partial charge in [0.2, 0.25) is 10.0 Å². The van der Waals surface area contributed by atoms with Crippen LogP contribution in [0.1, 0.15) is 22.3 Å². The highest BCUT2D eigenvalue weighted by molar-refractivity contribution is 7.89. The summed E-state index contributed by atoms with van der Waals surface area (Å²) in [6.07, 6.45) is 0.590. The molecule has 1 saturated heterocycles. The molecular formula is C19H21FN2O5S. The predicted molar refractivity (Wildman–Crippen MR) is 102 cm³/mol. The van der Waals surface area contributed by atoms with Gasteiger partial charge >= 0.3 is 0 Å². The fourth-order valence-corrected chi connectivity index (χ4v) is 4.15. The average molecular weight is 408 g/mol. The molecule has 28 heavy (non-hydrogen) atoms. The van der Waals surface area contributed by atoms with E-state index in [1.165, 1.54) is 43.5 Å². The van der Waals surface area contributed by atoms with Gasteiger partial charge in [-0.3, -0.25) is 4.79 Å². The van der Waals surface area contributed by atoms with E-state index < -0.39 is 15.9 Å². The second kappa shape index (κ2) is 8.26. The van der Waals surface area contributed by atoms with Gasteiger partial charge in [-0.1, -0.05) is 0 Å². The number of aryl methyl sites for hydroxylation is 1. The lowest BCUT2D eigenvalue weighted by atomic mass is 10.1. The van der Waals surface area contributed by atoms with Crippen molar-refractivity contribution in [1.82, 2.24) is 4.72 Å². The lowest BCUT2D eigenvalue weighted by Gasteiger charge is -2.14. The zero-order chi connectivity index (χ0) is 20.3. The molecule has 1 aliphatic rings. The summed E-state index contributed by atoms with van der Waals surface area (Å²) in [6, 6.07) is 7.91. The Kier molecular flexibility index (Phi) is 5.97. The standard InChI is InChI=1S/C19H21FN2O5S/c1-12-9-13(3-5-17(12)20)21-19(23)16-10-15(4-6-18(16)26-2)28(24,25)22-14-7-8-27-11-14/h3-6,9-10,14,22H,7-8,11H2,1-2H3,(H,21,23). The van der Waals surface area contributed by atoms with E-state index in [2.05, 4.69) is 10.0 Å². The monoisotopic (exact) mass is 408 g/mol. The largest absolute Gasteiger partial charge is 0.496 e. The van der Waals surface area contributed by atoms with Crippen molar-refractivity contribution < 1.29 is 27.1 Å². The normalized spacial score (nSPS) is 16.8. The van der Waals surface area contributed by atoms with Gasteiger partial charge in [-0.25, -0.2) is 17.5 Å². The summed E-state index contributed by atoms with van der Waals surface area (Å²) in [6.45, 7) is 2.39. The summed E-state index contributed by atoms with van der Waals surface area (Å²) in [4.78, 5) is 12.6. The third-order valence-electron chi connectivity index (χ3n) is 4.39. The van der Waals surface area contributed by atoms with Crippen molar-refractivity contribution in [3.05, 3.63) is 53.3 Å². The van der Waals surface area contributed by atoms with Gasteiger partial charge in [-0.05, 0) is 55.3 Å². The highest BCUT2D eigenvalue weighted by Crippen LogP contribution is 2.25. The quantitative estimate of drug-likeness (QED) is 0.766. The molecule has 0 aliphatic carbocycles. The van der Waals surface area contributed by atoms with Crippen molar-refractivity contribution in [2.24, 2.45) is 0 Å². The van der Waals surface area contributed by atoms with Crippen molar-refractivity contribution >= 4 is 21.6 Å². The molecule has 2 aromatic carbocycles. The Hall–Kier alpha value is -2.49. The van der Waals surface area contributed by atoms with E-state index >= 15 is 0 Å². The fraction of sp³-hybridized carbons (Fsp3) is 0.316. The molecule has 7 nitrogen and oxygen atoms in total. The van der Waals surface area contributed by atoms with Gasteiger partial charge in [0.15, 0.2) is 0 Å². The van der Waals surface area contributed by atoms with Crippen LogP contribution in [0.3, 0.4) is 0 Å². The zero-order valence-corrected chi connectivity index (χ0v) is 16.3. The Morgan fingerprint density at radius 2 is 2.04 bits per heavy atom. The summed E-state index contributed by atoms with van der Waals surface area (Å²) < 4.78 is 51.6. The van der Waals surface area contributed by atoms with E-state index in [-0.39, 0.29) is 28.1 Å². The van der Waals surface area contributed by atoms with Crippen LogP contribution in [0.25, 0.3) is 0 Å². The molecule has 1 unspecified atom stereocenters. The number of halogens is 1. The lowest BCUT2D eigenvalue weighted by molar-refractivity contribution is 0.102. The van der Waals surface area contributed by atoms with Crippen LogP contribution in [0, 0.1) is 12.7 Å². The van der Waals surface area contributed by atoms with Gasteiger partial charge < -0.3 is 14.8 Å². The minimum Gasteiger partial charge on any atom is -0.496 e. The number of carbonyl (C=O) groups excluding carboxylic acids is 1. The number of rotatable bonds is 6. The predicted octanol–water partition coefficient (Wildman–Crippen LogP) is 2.46. The summed E-state index contributed by atoms with van der Waals surface area (Å²) in [5.41, 5.74) is 0.819. The zero-order valence-electron chi connectivity index (χ0n) is 15.5. The number of nitrogens with one attached hydrogen (secondary N) is 2. The smallest absolute Gasteiger partial charge is 0.259 e.